The zero-order chi connectivity index (χ0) is 38.4. The highest BCUT2D eigenvalue weighted by Gasteiger charge is 2.20. The summed E-state index contributed by atoms with van der Waals surface area (Å²) in [7, 11) is 4.49. The van der Waals surface area contributed by atoms with E-state index in [-0.39, 0.29) is 18.2 Å². The van der Waals surface area contributed by atoms with Crippen molar-refractivity contribution in [3.8, 4) is 38.1 Å². The van der Waals surface area contributed by atoms with Gasteiger partial charge in [0.2, 0.25) is 5.75 Å². The molecule has 0 aliphatic heterocycles. The molecule has 4 heterocycles. The second-order valence-electron chi connectivity index (χ2n) is 11.3. The van der Waals surface area contributed by atoms with Crippen LogP contribution in [-0.2, 0) is 9.47 Å². The van der Waals surface area contributed by atoms with Crippen LogP contribution in [-0.4, -0.2) is 71.2 Å². The molecule has 14 nitrogen and oxygen atoms in total. The van der Waals surface area contributed by atoms with Crippen molar-refractivity contribution in [1.29, 1.82) is 0 Å². The van der Waals surface area contributed by atoms with Gasteiger partial charge in [-0.3, -0.25) is 13.6 Å². The number of anilines is 2. The number of nitrogens with one attached hydrogen (secondary N) is 1. The Kier molecular flexibility index (Phi) is 11.4. The van der Waals surface area contributed by atoms with E-state index in [0.717, 1.165) is 31.5 Å². The molecular weight excluding hydrogens is 733 g/mol. The van der Waals surface area contributed by atoms with Crippen LogP contribution >= 0.6 is 22.7 Å². The Bertz CT molecular complexity index is 2380. The van der Waals surface area contributed by atoms with Crippen LogP contribution in [0.15, 0.2) is 85.5 Å². The van der Waals surface area contributed by atoms with Crippen molar-refractivity contribution in [2.24, 2.45) is 0 Å². The largest absolute Gasteiger partial charge is 0.493 e. The van der Waals surface area contributed by atoms with Crippen LogP contribution in [0.5, 0.6) is 17.2 Å². The number of amides is 1. The highest BCUT2D eigenvalue weighted by atomic mass is 32.1. The first-order valence-corrected chi connectivity index (χ1v) is 18.2. The van der Waals surface area contributed by atoms with Gasteiger partial charge >= 0.3 is 11.9 Å². The minimum absolute atomic E-state index is 0.253. The smallest absolute Gasteiger partial charge is 0.358 e. The molecule has 0 radical (unpaired) electrons. The summed E-state index contributed by atoms with van der Waals surface area (Å²) in [5.74, 6) is -0.0137. The molecule has 0 spiro atoms. The number of para-hydroxylation sites is 2. The fourth-order valence-electron chi connectivity index (χ4n) is 5.38. The molecule has 7 rings (SSSR count). The lowest BCUT2D eigenvalue weighted by molar-refractivity contribution is 0.0511. The SMILES string of the molecule is CCOC(=O)c1cn2cc(-c3ccccc3N)sc2n1.CCOC(=O)c1cn2cc(-c3ccccc3NC(=O)c3cc(OC)c(OC)c(OC)c3)sc2n1. The number of esters is 2. The van der Waals surface area contributed by atoms with E-state index in [0.29, 0.717) is 45.8 Å². The van der Waals surface area contributed by atoms with Gasteiger partial charge in [-0.2, -0.15) is 0 Å². The van der Waals surface area contributed by atoms with Crippen LogP contribution in [0.4, 0.5) is 11.4 Å². The Morgan fingerprint density at radius 1 is 0.704 bits per heavy atom. The molecule has 0 fully saturated rings. The minimum Gasteiger partial charge on any atom is -0.493 e. The molecule has 0 atom stereocenters. The molecule has 0 bridgehead atoms. The van der Waals surface area contributed by atoms with Crippen molar-refractivity contribution in [3.63, 3.8) is 0 Å². The monoisotopic (exact) mass is 768 g/mol. The maximum absolute atomic E-state index is 13.1. The van der Waals surface area contributed by atoms with Crippen LogP contribution in [0, 0.1) is 0 Å². The first-order valence-electron chi connectivity index (χ1n) is 16.5. The molecule has 0 aliphatic carbocycles. The van der Waals surface area contributed by atoms with E-state index < -0.39 is 11.9 Å². The third-order valence-corrected chi connectivity index (χ3v) is 9.93. The zero-order valence-electron chi connectivity index (χ0n) is 29.9. The Morgan fingerprint density at radius 3 is 1.69 bits per heavy atom. The topological polar surface area (TPSA) is 170 Å². The number of methoxy groups -OCH3 is 3. The average molecular weight is 769 g/mol. The molecule has 4 aromatic heterocycles. The second kappa shape index (κ2) is 16.5. The van der Waals surface area contributed by atoms with Crippen LogP contribution in [0.1, 0.15) is 45.2 Å². The molecule has 278 valence electrons. The Labute approximate surface area is 317 Å². The number of benzene rings is 3. The molecule has 0 saturated carbocycles. The summed E-state index contributed by atoms with van der Waals surface area (Å²) in [4.78, 5) is 48.6. The molecule has 0 saturated heterocycles. The Hall–Kier alpha value is -6.39. The fraction of sp³-hybridized carbons (Fsp3) is 0.184. The van der Waals surface area contributed by atoms with Gasteiger partial charge < -0.3 is 34.7 Å². The summed E-state index contributed by atoms with van der Waals surface area (Å²) < 4.78 is 29.6. The van der Waals surface area contributed by atoms with Crippen molar-refractivity contribution in [1.82, 2.24) is 18.8 Å². The molecule has 7 aromatic rings. The highest BCUT2D eigenvalue weighted by Crippen LogP contribution is 2.39. The van der Waals surface area contributed by atoms with E-state index in [1.54, 1.807) is 42.8 Å². The summed E-state index contributed by atoms with van der Waals surface area (Å²) in [6.07, 6.45) is 7.08. The average Bonchev–Trinajstić information content (AvgIpc) is 3.96. The molecular formula is C38H36N6O8S2. The number of nitrogens with zero attached hydrogens (tertiary/aromatic N) is 4. The lowest BCUT2D eigenvalue weighted by Gasteiger charge is -2.15. The van der Waals surface area contributed by atoms with Crippen LogP contribution in [0.3, 0.4) is 0 Å². The molecule has 0 aliphatic rings. The van der Waals surface area contributed by atoms with Gasteiger partial charge in [0, 0.05) is 52.9 Å². The minimum atomic E-state index is -0.460. The summed E-state index contributed by atoms with van der Waals surface area (Å²) in [6, 6.07) is 18.3. The lowest BCUT2D eigenvalue weighted by atomic mass is 10.1. The zero-order valence-corrected chi connectivity index (χ0v) is 31.6. The predicted molar refractivity (Wildman–Crippen MR) is 207 cm³/mol. The van der Waals surface area contributed by atoms with E-state index in [1.165, 1.54) is 44.0 Å². The van der Waals surface area contributed by atoms with Gasteiger partial charge in [0.1, 0.15) is 0 Å². The standard InChI is InChI=1S/C24H23N3O6S.C14H13N3O2S/c1-5-33-23(29)17-12-27-13-20(34-24(27)26-17)15-8-6-7-9-16(15)25-22(28)14-10-18(30-2)21(32-4)19(11-14)31-3;1-2-19-13(18)11-7-17-8-12(20-14(17)16-11)9-5-3-4-6-10(9)15/h6-13H,5H2,1-4H3,(H,25,28);3-8H,2,15H2,1H3. The number of aromatic nitrogens is 4. The number of hydrogen-bond acceptors (Lipinski definition) is 13. The van der Waals surface area contributed by atoms with Crippen LogP contribution in [0.2, 0.25) is 0 Å². The number of hydrogen-bond donors (Lipinski definition) is 2. The number of ether oxygens (including phenoxy) is 5. The number of carbonyl (C=O) groups excluding carboxylic acids is 3. The van der Waals surface area contributed by atoms with Crippen molar-refractivity contribution < 1.29 is 38.1 Å². The van der Waals surface area contributed by atoms with Crippen LogP contribution < -0.4 is 25.3 Å². The first kappa shape index (κ1) is 37.4. The van der Waals surface area contributed by atoms with Crippen molar-refractivity contribution in [3.05, 3.63) is 102 Å². The number of nitrogen functional groups attached to an aromatic ring is 1. The molecule has 3 aromatic carbocycles. The summed E-state index contributed by atoms with van der Waals surface area (Å²) in [6.45, 7) is 4.15. The maximum Gasteiger partial charge on any atom is 0.358 e. The van der Waals surface area contributed by atoms with Gasteiger partial charge in [-0.1, -0.05) is 59.1 Å². The molecule has 1 amide bonds. The number of imidazole rings is 2. The number of rotatable bonds is 11. The lowest BCUT2D eigenvalue weighted by Crippen LogP contribution is -2.13. The molecule has 16 heteroatoms. The molecule has 0 unspecified atom stereocenters. The van der Waals surface area contributed by atoms with E-state index in [2.05, 4.69) is 15.3 Å². The third-order valence-electron chi connectivity index (χ3n) is 7.87. The van der Waals surface area contributed by atoms with Crippen molar-refractivity contribution in [2.75, 3.05) is 45.6 Å². The van der Waals surface area contributed by atoms with Gasteiger partial charge in [-0.25, -0.2) is 19.6 Å². The normalized spacial score (nSPS) is 10.8. The van der Waals surface area contributed by atoms with Gasteiger partial charge in [0.05, 0.1) is 44.3 Å². The van der Waals surface area contributed by atoms with Crippen molar-refractivity contribution in [2.45, 2.75) is 13.8 Å². The Morgan fingerprint density at radius 2 is 1.20 bits per heavy atom. The maximum atomic E-state index is 13.1. The van der Waals surface area contributed by atoms with Gasteiger partial charge in [-0.15, -0.1) is 0 Å². The highest BCUT2D eigenvalue weighted by molar-refractivity contribution is 7.20. The third kappa shape index (κ3) is 7.84. The fourth-order valence-corrected chi connectivity index (χ4v) is 7.40. The Balaban J connectivity index is 0.000000210. The van der Waals surface area contributed by atoms with Gasteiger partial charge in [0.15, 0.2) is 32.8 Å². The predicted octanol–water partition coefficient (Wildman–Crippen LogP) is 7.34. The molecule has 3 N–H and O–H groups in total. The van der Waals surface area contributed by atoms with E-state index in [9.17, 15) is 14.4 Å². The van der Waals surface area contributed by atoms with Crippen LogP contribution in [0.25, 0.3) is 30.8 Å². The first-order chi connectivity index (χ1) is 26.2. The number of thiazole rings is 2. The van der Waals surface area contributed by atoms with Gasteiger partial charge in [-0.05, 0) is 38.1 Å². The summed E-state index contributed by atoms with van der Waals surface area (Å²) >= 11 is 2.88. The number of nitrogens with two attached hydrogens (primary N) is 1. The number of carbonyl (C=O) groups is 3. The summed E-state index contributed by atoms with van der Waals surface area (Å²) in [5, 5.41) is 2.96. The summed E-state index contributed by atoms with van der Waals surface area (Å²) in [5.41, 5.74) is 10.0. The van der Waals surface area contributed by atoms with Gasteiger partial charge in [0.25, 0.3) is 5.91 Å². The number of fused-ring (bicyclic) bond motifs is 2. The molecule has 54 heavy (non-hydrogen) atoms. The quantitative estimate of drug-likeness (QED) is 0.0997. The van der Waals surface area contributed by atoms with E-state index in [1.807, 2.05) is 65.3 Å². The van der Waals surface area contributed by atoms with Crippen molar-refractivity contribution >= 4 is 61.8 Å². The second-order valence-corrected chi connectivity index (χ2v) is 13.3. The van der Waals surface area contributed by atoms with E-state index in [4.69, 9.17) is 29.4 Å². The van der Waals surface area contributed by atoms with E-state index >= 15 is 0 Å².